The maximum absolute atomic E-state index is 2.43. The predicted molar refractivity (Wildman–Crippen MR) is 241 cm³/mol. The number of hydrogen-bond donors (Lipinski definition) is 0. The van der Waals surface area contributed by atoms with Crippen LogP contribution in [0.5, 0.6) is 0 Å². The zero-order valence-corrected chi connectivity index (χ0v) is 30.6. The summed E-state index contributed by atoms with van der Waals surface area (Å²) in [5, 5.41) is 15.7. The lowest BCUT2D eigenvalue weighted by atomic mass is 9.86. The van der Waals surface area contributed by atoms with Crippen molar-refractivity contribution in [3.8, 4) is 55.6 Å². The first-order valence-electron chi connectivity index (χ1n) is 19.5. The van der Waals surface area contributed by atoms with E-state index < -0.39 is 0 Å². The van der Waals surface area contributed by atoms with Crippen molar-refractivity contribution in [1.82, 2.24) is 0 Å². The maximum Gasteiger partial charge on any atom is -0.00206 e. The summed E-state index contributed by atoms with van der Waals surface area (Å²) < 4.78 is 0. The molecule has 0 saturated carbocycles. The van der Waals surface area contributed by atoms with Crippen molar-refractivity contribution in [2.24, 2.45) is 0 Å². The molecule has 0 nitrogen and oxygen atoms in total. The van der Waals surface area contributed by atoms with Gasteiger partial charge in [0.05, 0.1) is 0 Å². The van der Waals surface area contributed by atoms with Gasteiger partial charge in [0.2, 0.25) is 0 Å². The molecule has 0 saturated heterocycles. The van der Waals surface area contributed by atoms with Gasteiger partial charge in [-0.3, -0.25) is 0 Å². The summed E-state index contributed by atoms with van der Waals surface area (Å²) in [4.78, 5) is 0. The van der Waals surface area contributed by atoms with Gasteiger partial charge in [0.25, 0.3) is 0 Å². The van der Waals surface area contributed by atoms with Crippen LogP contribution in [-0.2, 0) is 0 Å². The van der Waals surface area contributed by atoms with E-state index in [0.29, 0.717) is 0 Å². The van der Waals surface area contributed by atoms with E-state index in [9.17, 15) is 0 Å². The third-order valence-corrected chi connectivity index (χ3v) is 12.1. The molecule has 0 spiro atoms. The second-order valence-electron chi connectivity index (χ2n) is 15.3. The molecule has 0 radical (unpaired) electrons. The van der Waals surface area contributed by atoms with Crippen LogP contribution >= 0.6 is 0 Å². The summed E-state index contributed by atoms with van der Waals surface area (Å²) in [7, 11) is 0. The molecule has 12 rings (SSSR count). The lowest BCUT2D eigenvalue weighted by Gasteiger charge is -2.18. The van der Waals surface area contributed by atoms with Gasteiger partial charge < -0.3 is 0 Å². The van der Waals surface area contributed by atoms with Gasteiger partial charge in [-0.15, -0.1) is 0 Å². The van der Waals surface area contributed by atoms with Gasteiger partial charge in [0.15, 0.2) is 0 Å². The Morgan fingerprint density at radius 1 is 0.179 bits per heavy atom. The Bertz CT molecular complexity index is 3260. The molecule has 12 aromatic rings. The van der Waals surface area contributed by atoms with Gasteiger partial charge in [-0.1, -0.05) is 176 Å². The monoisotopic (exact) mass is 706 g/mol. The third-order valence-electron chi connectivity index (χ3n) is 12.1. The summed E-state index contributed by atoms with van der Waals surface area (Å²) in [6, 6.07) is 76.8. The molecule has 56 heavy (non-hydrogen) atoms. The minimum atomic E-state index is 1.20. The SMILES string of the molecule is c1ccc(-c2cccc(-c3cccc(-c4cc(-c5ccc6ccc7cccc8ccc5c6c78)cc(-c5ccc6ccc7cccc8ccc5c6c78)c4)c3)c2)cc1. The fourth-order valence-electron chi connectivity index (χ4n) is 9.47. The first-order valence-corrected chi connectivity index (χ1v) is 19.5. The van der Waals surface area contributed by atoms with E-state index in [1.165, 1.54) is 120 Å². The third kappa shape index (κ3) is 4.79. The molecule has 0 atom stereocenters. The average Bonchev–Trinajstić information content (AvgIpc) is 3.27. The Morgan fingerprint density at radius 3 is 0.982 bits per heavy atom. The fourth-order valence-corrected chi connectivity index (χ4v) is 9.47. The van der Waals surface area contributed by atoms with Gasteiger partial charge in [-0.2, -0.15) is 0 Å². The van der Waals surface area contributed by atoms with Gasteiger partial charge >= 0.3 is 0 Å². The normalized spacial score (nSPS) is 11.9. The molecule has 0 aliphatic rings. The molecule has 12 aromatic carbocycles. The standard InChI is InChI=1S/C56H34/c1-2-8-35(9-3-1)42-14-6-15-43(30-42)44-16-7-17-45(31-44)46-32-47(49-26-22-40-20-18-36-10-4-12-38-24-28-51(49)55(40)53(36)38)34-48(33-46)50-27-23-41-21-19-37-11-5-13-39-25-29-52(50)56(41)54(37)39/h1-34H. The van der Waals surface area contributed by atoms with E-state index in [4.69, 9.17) is 0 Å². The van der Waals surface area contributed by atoms with E-state index in [1.54, 1.807) is 0 Å². The van der Waals surface area contributed by atoms with E-state index in [1.807, 2.05) is 0 Å². The second kappa shape index (κ2) is 12.1. The van der Waals surface area contributed by atoms with Gasteiger partial charge in [-0.25, -0.2) is 0 Å². The first kappa shape index (κ1) is 31.1. The zero-order valence-electron chi connectivity index (χ0n) is 30.6. The van der Waals surface area contributed by atoms with Crippen LogP contribution in [0.4, 0.5) is 0 Å². The predicted octanol–water partition coefficient (Wildman–Crippen LogP) is 15.8. The molecule has 0 aliphatic heterocycles. The van der Waals surface area contributed by atoms with E-state index in [-0.39, 0.29) is 0 Å². The Hall–Kier alpha value is -7.28. The van der Waals surface area contributed by atoms with Crippen molar-refractivity contribution in [1.29, 1.82) is 0 Å². The molecule has 0 amide bonds. The highest BCUT2D eigenvalue weighted by Crippen LogP contribution is 2.44. The van der Waals surface area contributed by atoms with Crippen molar-refractivity contribution >= 4 is 64.6 Å². The lowest BCUT2D eigenvalue weighted by molar-refractivity contribution is 1.57. The van der Waals surface area contributed by atoms with E-state index >= 15 is 0 Å². The van der Waals surface area contributed by atoms with Crippen LogP contribution in [0.2, 0.25) is 0 Å². The average molecular weight is 707 g/mol. The van der Waals surface area contributed by atoms with Gasteiger partial charge in [-0.05, 0) is 151 Å². The van der Waals surface area contributed by atoms with E-state index in [2.05, 4.69) is 206 Å². The molecule has 0 aliphatic carbocycles. The van der Waals surface area contributed by atoms with Crippen LogP contribution < -0.4 is 0 Å². The van der Waals surface area contributed by atoms with Gasteiger partial charge in [0.1, 0.15) is 0 Å². The topological polar surface area (TPSA) is 0 Å². The van der Waals surface area contributed by atoms with Crippen LogP contribution in [0, 0.1) is 0 Å². The van der Waals surface area contributed by atoms with Crippen molar-refractivity contribution in [2.45, 2.75) is 0 Å². The van der Waals surface area contributed by atoms with Crippen LogP contribution in [0.15, 0.2) is 206 Å². The van der Waals surface area contributed by atoms with Crippen LogP contribution in [0.25, 0.3) is 120 Å². The summed E-state index contributed by atoms with van der Waals surface area (Å²) in [6.45, 7) is 0. The minimum absolute atomic E-state index is 1.20. The minimum Gasteiger partial charge on any atom is -0.0622 e. The Labute approximate surface area is 325 Å². The number of rotatable bonds is 5. The fraction of sp³-hybridized carbons (Fsp3) is 0. The van der Waals surface area contributed by atoms with Crippen molar-refractivity contribution < 1.29 is 0 Å². The largest absolute Gasteiger partial charge is 0.0622 e. The van der Waals surface area contributed by atoms with Crippen LogP contribution in [0.1, 0.15) is 0 Å². The summed E-state index contributed by atoms with van der Waals surface area (Å²) >= 11 is 0. The van der Waals surface area contributed by atoms with E-state index in [0.717, 1.165) is 0 Å². The number of benzene rings is 12. The van der Waals surface area contributed by atoms with Crippen molar-refractivity contribution in [3.63, 3.8) is 0 Å². The highest BCUT2D eigenvalue weighted by Gasteiger charge is 2.17. The molecular weight excluding hydrogens is 673 g/mol. The molecule has 0 fully saturated rings. The Balaban J connectivity index is 1.10. The number of hydrogen-bond acceptors (Lipinski definition) is 0. The quantitative estimate of drug-likeness (QED) is 0.156. The highest BCUT2D eigenvalue weighted by atomic mass is 14.2. The summed E-state index contributed by atoms with van der Waals surface area (Å²) in [6.07, 6.45) is 0. The van der Waals surface area contributed by atoms with Gasteiger partial charge in [0, 0.05) is 0 Å². The van der Waals surface area contributed by atoms with Crippen LogP contribution in [0.3, 0.4) is 0 Å². The molecule has 0 heterocycles. The van der Waals surface area contributed by atoms with Crippen molar-refractivity contribution in [2.75, 3.05) is 0 Å². The molecule has 258 valence electrons. The zero-order chi connectivity index (χ0) is 36.7. The smallest absolute Gasteiger partial charge is 0.00206 e. The van der Waals surface area contributed by atoms with Crippen molar-refractivity contribution in [3.05, 3.63) is 206 Å². The molecule has 0 N–H and O–H groups in total. The summed E-state index contributed by atoms with van der Waals surface area (Å²) in [5.74, 6) is 0. The summed E-state index contributed by atoms with van der Waals surface area (Å²) in [5.41, 5.74) is 12.2. The lowest BCUT2D eigenvalue weighted by Crippen LogP contribution is -1.91. The maximum atomic E-state index is 2.43. The van der Waals surface area contributed by atoms with Crippen LogP contribution in [-0.4, -0.2) is 0 Å². The molecule has 0 bridgehead atoms. The molecular formula is C56H34. The molecule has 0 heteroatoms. The Kier molecular flexibility index (Phi) is 6.73. The highest BCUT2D eigenvalue weighted by molar-refractivity contribution is 6.27. The Morgan fingerprint density at radius 2 is 0.500 bits per heavy atom. The first-order chi connectivity index (χ1) is 27.7. The molecule has 0 unspecified atom stereocenters. The second-order valence-corrected chi connectivity index (χ2v) is 15.3. The molecule has 0 aromatic heterocycles.